The first-order valence-electron chi connectivity index (χ1n) is 5.54. The number of benzene rings is 1. The van der Waals surface area contributed by atoms with E-state index in [-0.39, 0.29) is 18.3 Å². The molecule has 3 N–H and O–H groups in total. The highest BCUT2D eigenvalue weighted by atomic mass is 35.5. The Hall–Kier alpha value is -0.480. The van der Waals surface area contributed by atoms with E-state index in [9.17, 15) is 4.79 Å². The van der Waals surface area contributed by atoms with Gasteiger partial charge >= 0.3 is 0 Å². The second kappa shape index (κ2) is 9.45. The first-order chi connectivity index (χ1) is 8.13. The highest BCUT2D eigenvalue weighted by Gasteiger charge is 2.02. The van der Waals surface area contributed by atoms with Gasteiger partial charge < -0.3 is 11.1 Å². The van der Waals surface area contributed by atoms with Crippen LogP contribution >= 0.6 is 35.6 Å². The number of amides is 1. The van der Waals surface area contributed by atoms with Crippen molar-refractivity contribution < 1.29 is 4.79 Å². The zero-order valence-electron chi connectivity index (χ0n) is 9.92. The van der Waals surface area contributed by atoms with E-state index in [1.54, 1.807) is 6.07 Å². The molecule has 0 aromatic heterocycles. The molecule has 0 atom stereocenters. The minimum atomic E-state index is 0. The summed E-state index contributed by atoms with van der Waals surface area (Å²) in [6, 6.07) is 5.53. The highest BCUT2D eigenvalue weighted by Crippen LogP contribution is 2.23. The van der Waals surface area contributed by atoms with Gasteiger partial charge in [0.15, 0.2) is 0 Å². The van der Waals surface area contributed by atoms with Gasteiger partial charge in [-0.05, 0) is 30.5 Å². The molecule has 1 aromatic rings. The topological polar surface area (TPSA) is 55.1 Å². The third kappa shape index (κ3) is 6.45. The molecular formula is C12H17Cl3N2O. The second-order valence-corrected chi connectivity index (χ2v) is 4.56. The molecule has 1 rings (SSSR count). The Morgan fingerprint density at radius 1 is 1.28 bits per heavy atom. The fourth-order valence-corrected chi connectivity index (χ4v) is 1.77. The molecule has 3 nitrogen and oxygen atoms in total. The van der Waals surface area contributed by atoms with Crippen LogP contribution in [0.25, 0.3) is 0 Å². The Morgan fingerprint density at radius 3 is 2.61 bits per heavy atom. The molecule has 0 fully saturated rings. The van der Waals surface area contributed by atoms with Gasteiger partial charge in [-0.25, -0.2) is 0 Å². The van der Waals surface area contributed by atoms with Gasteiger partial charge in [-0.1, -0.05) is 29.3 Å². The van der Waals surface area contributed by atoms with Gasteiger partial charge in [0.25, 0.3) is 0 Å². The molecule has 0 heterocycles. The van der Waals surface area contributed by atoms with E-state index in [0.29, 0.717) is 29.6 Å². The van der Waals surface area contributed by atoms with Crippen LogP contribution < -0.4 is 11.1 Å². The van der Waals surface area contributed by atoms with E-state index in [2.05, 4.69) is 5.32 Å². The van der Waals surface area contributed by atoms with Crippen LogP contribution in [0.1, 0.15) is 18.4 Å². The van der Waals surface area contributed by atoms with Crippen LogP contribution in [0.2, 0.25) is 10.0 Å². The molecule has 0 spiro atoms. The summed E-state index contributed by atoms with van der Waals surface area (Å²) in [6.07, 6.45) is 2.10. The first-order valence-corrected chi connectivity index (χ1v) is 6.29. The van der Waals surface area contributed by atoms with Gasteiger partial charge in [0, 0.05) is 19.5 Å². The van der Waals surface area contributed by atoms with E-state index < -0.39 is 0 Å². The molecule has 0 aliphatic carbocycles. The minimum Gasteiger partial charge on any atom is -0.355 e. The van der Waals surface area contributed by atoms with Crippen molar-refractivity contribution in [1.29, 1.82) is 0 Å². The lowest BCUT2D eigenvalue weighted by Gasteiger charge is -2.04. The van der Waals surface area contributed by atoms with Gasteiger partial charge in [-0.2, -0.15) is 0 Å². The third-order valence-corrected chi connectivity index (χ3v) is 3.06. The van der Waals surface area contributed by atoms with Crippen molar-refractivity contribution in [1.82, 2.24) is 5.32 Å². The van der Waals surface area contributed by atoms with Crippen LogP contribution in [0, 0.1) is 0 Å². The second-order valence-electron chi connectivity index (χ2n) is 3.74. The van der Waals surface area contributed by atoms with E-state index in [1.807, 2.05) is 12.1 Å². The molecule has 18 heavy (non-hydrogen) atoms. The summed E-state index contributed by atoms with van der Waals surface area (Å²) in [5, 5.41) is 3.83. The highest BCUT2D eigenvalue weighted by molar-refractivity contribution is 6.42. The predicted molar refractivity (Wildman–Crippen MR) is 78.7 cm³/mol. The molecular weight excluding hydrogens is 295 g/mol. The van der Waals surface area contributed by atoms with Crippen LogP contribution in [-0.4, -0.2) is 19.0 Å². The zero-order chi connectivity index (χ0) is 12.7. The molecule has 1 aromatic carbocycles. The van der Waals surface area contributed by atoms with Crippen molar-refractivity contribution >= 4 is 41.5 Å². The fourth-order valence-electron chi connectivity index (χ4n) is 1.45. The first kappa shape index (κ1) is 17.5. The summed E-state index contributed by atoms with van der Waals surface area (Å²) in [4.78, 5) is 11.3. The average molecular weight is 312 g/mol. The number of carbonyl (C=O) groups excluding carboxylic acids is 1. The molecule has 0 aliphatic heterocycles. The molecule has 0 unspecified atom stereocenters. The number of carbonyl (C=O) groups is 1. The summed E-state index contributed by atoms with van der Waals surface area (Å²) < 4.78 is 0. The molecule has 1 amide bonds. The van der Waals surface area contributed by atoms with Crippen molar-refractivity contribution in [2.45, 2.75) is 19.3 Å². The zero-order valence-corrected chi connectivity index (χ0v) is 12.2. The fraction of sp³-hybridized carbons (Fsp3) is 0.417. The van der Waals surface area contributed by atoms with Gasteiger partial charge in [-0.3, -0.25) is 4.79 Å². The Bertz CT molecular complexity index is 386. The quantitative estimate of drug-likeness (QED) is 0.849. The molecule has 0 radical (unpaired) electrons. The van der Waals surface area contributed by atoms with Crippen molar-refractivity contribution in [3.63, 3.8) is 0 Å². The van der Waals surface area contributed by atoms with Crippen molar-refractivity contribution in [2.24, 2.45) is 5.73 Å². The van der Waals surface area contributed by atoms with Crippen molar-refractivity contribution in [3.05, 3.63) is 33.8 Å². The number of rotatable bonds is 6. The van der Waals surface area contributed by atoms with E-state index in [0.717, 1.165) is 18.4 Å². The lowest BCUT2D eigenvalue weighted by molar-refractivity contribution is -0.121. The van der Waals surface area contributed by atoms with Gasteiger partial charge in [0.1, 0.15) is 0 Å². The van der Waals surface area contributed by atoms with Crippen LogP contribution in [0.4, 0.5) is 0 Å². The van der Waals surface area contributed by atoms with Gasteiger partial charge in [-0.15, -0.1) is 12.4 Å². The Kier molecular flexibility index (Phi) is 9.20. The summed E-state index contributed by atoms with van der Waals surface area (Å²) >= 11 is 11.7. The van der Waals surface area contributed by atoms with Crippen LogP contribution in [0.5, 0.6) is 0 Å². The normalized spacial score (nSPS) is 9.72. The number of hydrogen-bond acceptors (Lipinski definition) is 2. The number of nitrogens with one attached hydrogen (secondary N) is 1. The number of nitrogens with two attached hydrogens (primary N) is 1. The molecule has 0 aliphatic rings. The smallest absolute Gasteiger partial charge is 0.220 e. The average Bonchev–Trinajstić information content (AvgIpc) is 2.31. The lowest BCUT2D eigenvalue weighted by Crippen LogP contribution is -2.28. The van der Waals surface area contributed by atoms with Crippen LogP contribution in [-0.2, 0) is 11.2 Å². The van der Waals surface area contributed by atoms with Gasteiger partial charge in [0.05, 0.1) is 10.0 Å². The van der Waals surface area contributed by atoms with E-state index >= 15 is 0 Å². The summed E-state index contributed by atoms with van der Waals surface area (Å²) in [7, 11) is 0. The third-order valence-electron chi connectivity index (χ3n) is 2.32. The largest absolute Gasteiger partial charge is 0.355 e. The number of halogens is 3. The standard InChI is InChI=1S/C12H16Cl2N2O.ClH/c13-10-5-4-9(8-11(10)14)2-1-3-12(17)16-7-6-15;/h4-5,8H,1-3,6-7,15H2,(H,16,17);1H. The maximum absolute atomic E-state index is 11.3. The van der Waals surface area contributed by atoms with Crippen molar-refractivity contribution in [2.75, 3.05) is 13.1 Å². The SMILES string of the molecule is Cl.NCCNC(=O)CCCc1ccc(Cl)c(Cl)c1. The molecule has 102 valence electrons. The Morgan fingerprint density at radius 2 is 2.00 bits per heavy atom. The minimum absolute atomic E-state index is 0. The summed E-state index contributed by atoms with van der Waals surface area (Å²) in [6.45, 7) is 1.00. The van der Waals surface area contributed by atoms with Crippen molar-refractivity contribution in [3.8, 4) is 0 Å². The summed E-state index contributed by atoms with van der Waals surface area (Å²) in [5.41, 5.74) is 6.37. The number of hydrogen-bond donors (Lipinski definition) is 2. The Balaban J connectivity index is 0.00000289. The van der Waals surface area contributed by atoms with Crippen LogP contribution in [0.3, 0.4) is 0 Å². The molecule has 0 bridgehead atoms. The predicted octanol–water partition coefficient (Wildman–Crippen LogP) is 2.81. The summed E-state index contributed by atoms with van der Waals surface area (Å²) in [5.74, 6) is 0.0375. The van der Waals surface area contributed by atoms with Gasteiger partial charge in [0.2, 0.25) is 5.91 Å². The Labute approximate surface area is 123 Å². The molecule has 0 saturated carbocycles. The molecule has 6 heteroatoms. The maximum Gasteiger partial charge on any atom is 0.220 e. The van der Waals surface area contributed by atoms with E-state index in [4.69, 9.17) is 28.9 Å². The molecule has 0 saturated heterocycles. The monoisotopic (exact) mass is 310 g/mol. The lowest BCUT2D eigenvalue weighted by atomic mass is 10.1. The maximum atomic E-state index is 11.3. The van der Waals surface area contributed by atoms with Crippen LogP contribution in [0.15, 0.2) is 18.2 Å². The van der Waals surface area contributed by atoms with E-state index in [1.165, 1.54) is 0 Å². The number of aryl methyl sites for hydroxylation is 1.